The standard InChI is InChI=1S/C29H44O4/c1-7-32-26(31)11-8-19(3)22-9-10-23-27-24(13-15-29(22,23)6)28(5)14-12-18(2)16-21(28)17-25(27)33-20(4)30/h8-9,11,18-19,21,23-25,27H,7,10,12-17H2,1-6H3/b11-8+/t18-,19-,21+,23+,24+,25-,27+,28+,29-/m1/s1. The minimum absolute atomic E-state index is 0.0404. The molecule has 184 valence electrons. The monoisotopic (exact) mass is 456 g/mol. The van der Waals surface area contributed by atoms with Crippen LogP contribution in [0.1, 0.15) is 86.5 Å². The number of carbonyl (C=O) groups excluding carboxylic acids is 2. The number of rotatable bonds is 5. The topological polar surface area (TPSA) is 52.6 Å². The van der Waals surface area contributed by atoms with E-state index in [1.54, 1.807) is 13.0 Å². The number of fused-ring (bicyclic) bond motifs is 5. The van der Waals surface area contributed by atoms with Crippen molar-refractivity contribution in [2.45, 2.75) is 92.6 Å². The fraction of sp³-hybridized carbons (Fsp3) is 0.793. The van der Waals surface area contributed by atoms with E-state index in [1.807, 2.05) is 13.0 Å². The van der Waals surface area contributed by atoms with Crippen molar-refractivity contribution >= 4 is 11.9 Å². The molecule has 0 aromatic heterocycles. The first-order valence-electron chi connectivity index (χ1n) is 13.3. The summed E-state index contributed by atoms with van der Waals surface area (Å²) in [6, 6.07) is 0. The van der Waals surface area contributed by atoms with Crippen molar-refractivity contribution in [2.24, 2.45) is 46.3 Å². The zero-order valence-corrected chi connectivity index (χ0v) is 21.6. The van der Waals surface area contributed by atoms with E-state index in [-0.39, 0.29) is 29.4 Å². The van der Waals surface area contributed by atoms with Crippen molar-refractivity contribution in [3.05, 3.63) is 23.8 Å². The number of hydrogen-bond donors (Lipinski definition) is 0. The number of esters is 2. The van der Waals surface area contributed by atoms with E-state index < -0.39 is 0 Å². The SMILES string of the molecule is CCOC(=O)/C=C/[C@@H](C)C1=CC[C@H]2[C@@H]3[C@H](OC(C)=O)C[C@@H]4C[C@H](C)CC[C@]4(C)[C@H]3CC[C@]12C. The quantitative estimate of drug-likeness (QED) is 0.269. The third-order valence-electron chi connectivity index (χ3n) is 10.2. The van der Waals surface area contributed by atoms with E-state index in [0.717, 1.165) is 18.8 Å². The van der Waals surface area contributed by atoms with Crippen LogP contribution in [0.25, 0.3) is 0 Å². The highest BCUT2D eigenvalue weighted by Crippen LogP contribution is 2.67. The van der Waals surface area contributed by atoms with Gasteiger partial charge in [-0.3, -0.25) is 4.79 Å². The highest BCUT2D eigenvalue weighted by molar-refractivity contribution is 5.82. The maximum absolute atomic E-state index is 12.1. The van der Waals surface area contributed by atoms with Gasteiger partial charge in [0.25, 0.3) is 0 Å². The van der Waals surface area contributed by atoms with Gasteiger partial charge in [0.15, 0.2) is 0 Å². The van der Waals surface area contributed by atoms with Gasteiger partial charge in [-0.1, -0.05) is 51.8 Å². The molecule has 4 aliphatic rings. The first-order chi connectivity index (χ1) is 15.6. The van der Waals surface area contributed by atoms with Gasteiger partial charge in [0.05, 0.1) is 6.61 Å². The Balaban J connectivity index is 1.61. The summed E-state index contributed by atoms with van der Waals surface area (Å²) < 4.78 is 11.2. The molecule has 0 unspecified atom stereocenters. The molecule has 0 aromatic rings. The Bertz CT molecular complexity index is 827. The second-order valence-corrected chi connectivity index (χ2v) is 12.0. The average Bonchev–Trinajstić information content (AvgIpc) is 3.10. The Morgan fingerprint density at radius 3 is 2.64 bits per heavy atom. The van der Waals surface area contributed by atoms with Crippen molar-refractivity contribution in [1.29, 1.82) is 0 Å². The maximum Gasteiger partial charge on any atom is 0.330 e. The molecule has 33 heavy (non-hydrogen) atoms. The van der Waals surface area contributed by atoms with Crippen LogP contribution in [-0.4, -0.2) is 24.6 Å². The Hall–Kier alpha value is -1.58. The first kappa shape index (κ1) is 24.5. The molecule has 0 heterocycles. The van der Waals surface area contributed by atoms with Crippen LogP contribution in [0.5, 0.6) is 0 Å². The highest BCUT2D eigenvalue weighted by Gasteiger charge is 2.62. The normalized spacial score (nSPS) is 43.2. The molecule has 0 saturated heterocycles. The molecule has 4 nitrogen and oxygen atoms in total. The number of hydrogen-bond acceptors (Lipinski definition) is 4. The zero-order valence-electron chi connectivity index (χ0n) is 21.6. The van der Waals surface area contributed by atoms with Crippen molar-refractivity contribution in [3.63, 3.8) is 0 Å². The van der Waals surface area contributed by atoms with Crippen molar-refractivity contribution < 1.29 is 19.1 Å². The number of allylic oxidation sites excluding steroid dienone is 3. The molecular weight excluding hydrogens is 412 g/mol. The van der Waals surface area contributed by atoms with E-state index >= 15 is 0 Å². The van der Waals surface area contributed by atoms with Gasteiger partial charge in [0.2, 0.25) is 0 Å². The minimum atomic E-state index is -0.263. The highest BCUT2D eigenvalue weighted by atomic mass is 16.5. The molecule has 3 fully saturated rings. The maximum atomic E-state index is 12.1. The van der Waals surface area contributed by atoms with Gasteiger partial charge >= 0.3 is 11.9 Å². The van der Waals surface area contributed by atoms with Gasteiger partial charge in [-0.25, -0.2) is 4.79 Å². The third kappa shape index (κ3) is 4.32. The Morgan fingerprint density at radius 2 is 1.94 bits per heavy atom. The third-order valence-corrected chi connectivity index (χ3v) is 10.2. The summed E-state index contributed by atoms with van der Waals surface area (Å²) in [5.74, 6) is 2.81. The lowest BCUT2D eigenvalue weighted by atomic mass is 9.43. The minimum Gasteiger partial charge on any atom is -0.463 e. The van der Waals surface area contributed by atoms with Gasteiger partial charge in [0.1, 0.15) is 6.10 Å². The molecule has 0 radical (unpaired) electrons. The lowest BCUT2D eigenvalue weighted by molar-refractivity contribution is -0.186. The van der Waals surface area contributed by atoms with Crippen molar-refractivity contribution in [3.8, 4) is 0 Å². The molecular formula is C29H44O4. The molecule has 0 aliphatic heterocycles. The number of ether oxygens (including phenoxy) is 2. The second-order valence-electron chi connectivity index (χ2n) is 12.0. The van der Waals surface area contributed by atoms with Gasteiger partial charge in [-0.05, 0) is 85.9 Å². The summed E-state index contributed by atoms with van der Waals surface area (Å²) >= 11 is 0. The van der Waals surface area contributed by atoms with Crippen LogP contribution >= 0.6 is 0 Å². The molecule has 0 bridgehead atoms. The summed E-state index contributed by atoms with van der Waals surface area (Å²) in [6.45, 7) is 13.4. The Labute approximate surface area is 200 Å². The predicted octanol–water partition coefficient (Wildman–Crippen LogP) is 6.50. The summed E-state index contributed by atoms with van der Waals surface area (Å²) in [7, 11) is 0. The molecule has 4 aliphatic carbocycles. The lowest BCUT2D eigenvalue weighted by Gasteiger charge is -2.62. The molecule has 0 spiro atoms. The van der Waals surface area contributed by atoms with Gasteiger partial charge in [-0.2, -0.15) is 0 Å². The summed E-state index contributed by atoms with van der Waals surface area (Å²) in [6.07, 6.45) is 14.5. The van der Waals surface area contributed by atoms with Gasteiger partial charge < -0.3 is 9.47 Å². The van der Waals surface area contributed by atoms with Crippen LogP contribution in [0.3, 0.4) is 0 Å². The van der Waals surface area contributed by atoms with Crippen molar-refractivity contribution in [2.75, 3.05) is 6.61 Å². The van der Waals surface area contributed by atoms with E-state index in [9.17, 15) is 9.59 Å². The predicted molar refractivity (Wildman–Crippen MR) is 130 cm³/mol. The van der Waals surface area contributed by atoms with Gasteiger partial charge in [0, 0.05) is 18.9 Å². The van der Waals surface area contributed by atoms with E-state index in [2.05, 4.69) is 33.8 Å². The fourth-order valence-electron chi connectivity index (χ4n) is 8.58. The van der Waals surface area contributed by atoms with E-state index in [0.29, 0.717) is 35.7 Å². The lowest BCUT2D eigenvalue weighted by Crippen LogP contribution is -2.58. The Kier molecular flexibility index (Phi) is 6.86. The summed E-state index contributed by atoms with van der Waals surface area (Å²) in [4.78, 5) is 24.0. The Morgan fingerprint density at radius 1 is 1.18 bits per heavy atom. The van der Waals surface area contributed by atoms with Gasteiger partial charge in [-0.15, -0.1) is 0 Å². The molecule has 4 rings (SSSR count). The first-order valence-corrected chi connectivity index (χ1v) is 13.3. The molecule has 9 atom stereocenters. The van der Waals surface area contributed by atoms with Crippen LogP contribution < -0.4 is 0 Å². The van der Waals surface area contributed by atoms with Crippen LogP contribution in [0.2, 0.25) is 0 Å². The summed E-state index contributed by atoms with van der Waals surface area (Å²) in [5, 5.41) is 0. The molecule has 0 N–H and O–H groups in total. The van der Waals surface area contributed by atoms with Crippen LogP contribution in [0, 0.1) is 46.3 Å². The van der Waals surface area contributed by atoms with E-state index in [1.165, 1.54) is 37.7 Å². The molecule has 0 amide bonds. The average molecular weight is 457 g/mol. The zero-order chi connectivity index (χ0) is 24.0. The van der Waals surface area contributed by atoms with Crippen molar-refractivity contribution in [1.82, 2.24) is 0 Å². The van der Waals surface area contributed by atoms with E-state index in [4.69, 9.17) is 9.47 Å². The largest absolute Gasteiger partial charge is 0.463 e. The smallest absolute Gasteiger partial charge is 0.330 e. The number of carbonyl (C=O) groups is 2. The molecule has 4 heteroatoms. The second kappa shape index (κ2) is 9.23. The molecule has 3 saturated carbocycles. The van der Waals surface area contributed by atoms with Crippen LogP contribution in [-0.2, 0) is 19.1 Å². The van der Waals surface area contributed by atoms with Crippen LogP contribution in [0.15, 0.2) is 23.8 Å². The molecule has 0 aromatic carbocycles. The summed E-state index contributed by atoms with van der Waals surface area (Å²) in [5.41, 5.74) is 1.92. The fourth-order valence-corrected chi connectivity index (χ4v) is 8.58. The van der Waals surface area contributed by atoms with Crippen LogP contribution in [0.4, 0.5) is 0 Å².